The van der Waals surface area contributed by atoms with E-state index < -0.39 is 29.6 Å². The smallest absolute Gasteiger partial charge is 0.246 e. The molecule has 2 bridgehead atoms. The van der Waals surface area contributed by atoms with Gasteiger partial charge >= 0.3 is 0 Å². The van der Waals surface area contributed by atoms with Crippen molar-refractivity contribution >= 4 is 23.4 Å². The Labute approximate surface area is 250 Å². The Balaban J connectivity index is 1.24. The van der Waals surface area contributed by atoms with Crippen LogP contribution in [0.1, 0.15) is 64.9 Å². The lowest BCUT2D eigenvalue weighted by atomic mass is 9.73. The fourth-order valence-corrected chi connectivity index (χ4v) is 8.25. The molecule has 8 atom stereocenters. The highest BCUT2D eigenvalue weighted by atomic mass is 16.5. The van der Waals surface area contributed by atoms with Crippen molar-refractivity contribution in [2.45, 2.75) is 90.0 Å². The second-order valence-corrected chi connectivity index (χ2v) is 13.9. The van der Waals surface area contributed by atoms with Crippen LogP contribution < -0.4 is 10.6 Å². The van der Waals surface area contributed by atoms with Gasteiger partial charge in [-0.1, -0.05) is 57.9 Å². The van der Waals surface area contributed by atoms with Crippen molar-refractivity contribution in [3.63, 3.8) is 0 Å². The van der Waals surface area contributed by atoms with Gasteiger partial charge < -0.3 is 25.2 Å². The first-order valence-corrected chi connectivity index (χ1v) is 16.3. The topological polar surface area (TPSA) is 91.0 Å². The summed E-state index contributed by atoms with van der Waals surface area (Å²) in [5, 5.41) is 6.39. The molecule has 4 aliphatic heterocycles. The Hall–Kier alpha value is -2.71. The van der Waals surface area contributed by atoms with E-state index in [4.69, 9.17) is 4.74 Å². The van der Waals surface area contributed by atoms with Gasteiger partial charge in [-0.25, -0.2) is 0 Å². The zero-order chi connectivity index (χ0) is 29.6. The fourth-order valence-electron chi connectivity index (χ4n) is 8.25. The minimum Gasteiger partial charge on any atom is -0.359 e. The third-order valence-electron chi connectivity index (χ3n) is 11.0. The highest BCUT2D eigenvalue weighted by Gasteiger charge is 2.72. The van der Waals surface area contributed by atoms with E-state index in [9.17, 15) is 14.4 Å². The van der Waals surface area contributed by atoms with Gasteiger partial charge in [0.05, 0.1) is 17.9 Å². The monoisotopic (exact) mass is 576 g/mol. The van der Waals surface area contributed by atoms with Gasteiger partial charge in [0.2, 0.25) is 17.7 Å². The maximum absolute atomic E-state index is 14.3. The van der Waals surface area contributed by atoms with E-state index in [0.29, 0.717) is 24.1 Å². The number of aryl methyl sites for hydroxylation is 1. The van der Waals surface area contributed by atoms with Crippen molar-refractivity contribution in [2.75, 3.05) is 31.5 Å². The van der Waals surface area contributed by atoms with Gasteiger partial charge in [0.15, 0.2) is 0 Å². The minimum atomic E-state index is -1.12. The molecule has 1 spiro atoms. The molecule has 3 amide bonds. The van der Waals surface area contributed by atoms with Gasteiger partial charge in [0, 0.05) is 18.3 Å². The van der Waals surface area contributed by atoms with Gasteiger partial charge in [-0.05, 0) is 87.7 Å². The van der Waals surface area contributed by atoms with Crippen LogP contribution in [0.3, 0.4) is 0 Å². The lowest BCUT2D eigenvalue weighted by Crippen LogP contribution is -2.58. The molecule has 0 radical (unpaired) electrons. The second-order valence-electron chi connectivity index (χ2n) is 13.9. The molecule has 6 unspecified atom stereocenters. The number of hydrogen-bond acceptors (Lipinski definition) is 5. The van der Waals surface area contributed by atoms with E-state index in [1.54, 1.807) is 4.90 Å². The van der Waals surface area contributed by atoms with Gasteiger partial charge in [-0.2, -0.15) is 0 Å². The summed E-state index contributed by atoms with van der Waals surface area (Å²) >= 11 is 0. The molecule has 1 aliphatic carbocycles. The largest absolute Gasteiger partial charge is 0.359 e. The molecular formula is C34H48N4O4. The molecule has 4 fully saturated rings. The highest BCUT2D eigenvalue weighted by Crippen LogP contribution is 2.55. The number of nitrogens with one attached hydrogen (secondary N) is 2. The first-order chi connectivity index (χ1) is 20.2. The van der Waals surface area contributed by atoms with Crippen LogP contribution in [-0.4, -0.2) is 77.5 Å². The normalized spacial score (nSPS) is 36.3. The lowest BCUT2D eigenvalue weighted by molar-refractivity contribution is -0.141. The molecule has 0 aromatic heterocycles. The van der Waals surface area contributed by atoms with Crippen molar-refractivity contribution in [1.82, 2.24) is 15.1 Å². The number of ether oxygens (including phenoxy) is 1. The maximum atomic E-state index is 14.3. The number of hydrogen-bond donors (Lipinski definition) is 2. The average molecular weight is 577 g/mol. The predicted molar refractivity (Wildman–Crippen MR) is 163 cm³/mol. The van der Waals surface area contributed by atoms with E-state index in [1.165, 1.54) is 19.3 Å². The molecular weight excluding hydrogens is 528 g/mol. The number of rotatable bonds is 8. The van der Waals surface area contributed by atoms with Crippen molar-refractivity contribution in [1.29, 1.82) is 0 Å². The zero-order valence-electron chi connectivity index (χ0n) is 25.7. The van der Waals surface area contributed by atoms with Gasteiger partial charge in [0.25, 0.3) is 0 Å². The minimum absolute atomic E-state index is 0.0759. The standard InChI is InChI=1S/C34H48N4O4/c1-21-13-18-37(19-14-21)16-7-17-38-30(32(40)36-26-11-6-9-23(3)24(26)4)34-15-12-27(42-34)28(29(34)33(38)41)31(39)35-25-10-5-8-22(2)20-25/h5,8,10,12,15,20-21,23-24,26-30H,6-7,9,11,13-14,16-19H2,1-4H3,(H,35,39)(H,36,40)/t23?,24?,26?,27-,28?,29-,30?,34?/m0/s1. The SMILES string of the molecule is Cc1cccc(NC(=O)C2[C@@H]3C=CC4(O3)C(C(=O)NC3CCCC(C)C3C)N(CCCN3CCC(C)CC3)C(=O)[C@H]24)c1. The van der Waals surface area contributed by atoms with Crippen LogP contribution in [0.2, 0.25) is 0 Å². The first kappa shape index (κ1) is 29.4. The Morgan fingerprint density at radius 2 is 1.83 bits per heavy atom. The van der Waals surface area contributed by atoms with E-state index in [1.807, 2.05) is 43.3 Å². The zero-order valence-corrected chi connectivity index (χ0v) is 25.7. The first-order valence-electron chi connectivity index (χ1n) is 16.3. The number of amides is 3. The summed E-state index contributed by atoms with van der Waals surface area (Å²) in [6, 6.07) is 6.96. The van der Waals surface area contributed by atoms with Crippen LogP contribution >= 0.6 is 0 Å². The molecule has 1 saturated carbocycles. The number of likely N-dealkylation sites (tertiary alicyclic amines) is 2. The lowest BCUT2D eigenvalue weighted by Gasteiger charge is -2.38. The second kappa shape index (κ2) is 11.8. The van der Waals surface area contributed by atoms with Crippen LogP contribution in [0.15, 0.2) is 36.4 Å². The number of anilines is 1. The molecule has 8 heteroatoms. The number of benzene rings is 1. The maximum Gasteiger partial charge on any atom is 0.246 e. The molecule has 228 valence electrons. The summed E-state index contributed by atoms with van der Waals surface area (Å²) in [6.45, 7) is 12.3. The van der Waals surface area contributed by atoms with Gasteiger partial charge in [0.1, 0.15) is 11.6 Å². The van der Waals surface area contributed by atoms with Crippen LogP contribution in [0.25, 0.3) is 0 Å². The number of nitrogens with zero attached hydrogens (tertiary/aromatic N) is 2. The third-order valence-corrected chi connectivity index (χ3v) is 11.0. The third kappa shape index (κ3) is 5.30. The quantitative estimate of drug-likeness (QED) is 0.454. The summed E-state index contributed by atoms with van der Waals surface area (Å²) in [6.07, 6.45) is 9.70. The van der Waals surface area contributed by atoms with Gasteiger partial charge in [-0.15, -0.1) is 0 Å². The number of carbonyl (C=O) groups is 3. The summed E-state index contributed by atoms with van der Waals surface area (Å²) in [5.41, 5.74) is 0.626. The summed E-state index contributed by atoms with van der Waals surface area (Å²) < 4.78 is 6.55. The van der Waals surface area contributed by atoms with E-state index >= 15 is 0 Å². The molecule has 6 rings (SSSR count). The fraction of sp³-hybridized carbons (Fsp3) is 0.676. The Morgan fingerprint density at radius 1 is 1.05 bits per heavy atom. The highest BCUT2D eigenvalue weighted by molar-refractivity contribution is 6.02. The van der Waals surface area contributed by atoms with Crippen molar-refractivity contribution in [3.8, 4) is 0 Å². The van der Waals surface area contributed by atoms with Crippen molar-refractivity contribution in [3.05, 3.63) is 42.0 Å². The molecule has 2 N–H and O–H groups in total. The van der Waals surface area contributed by atoms with Crippen LogP contribution in [0.5, 0.6) is 0 Å². The predicted octanol–water partition coefficient (Wildman–Crippen LogP) is 4.15. The molecule has 3 saturated heterocycles. The Morgan fingerprint density at radius 3 is 2.60 bits per heavy atom. The molecule has 1 aromatic carbocycles. The van der Waals surface area contributed by atoms with Crippen LogP contribution in [-0.2, 0) is 19.1 Å². The van der Waals surface area contributed by atoms with E-state index in [0.717, 1.165) is 50.4 Å². The number of piperidine rings is 1. The molecule has 4 heterocycles. The van der Waals surface area contributed by atoms with E-state index in [2.05, 4.69) is 36.3 Å². The average Bonchev–Trinajstić information content (AvgIpc) is 3.60. The number of fused-ring (bicyclic) bond motifs is 1. The van der Waals surface area contributed by atoms with Crippen molar-refractivity contribution < 1.29 is 19.1 Å². The molecule has 5 aliphatic rings. The summed E-state index contributed by atoms with van der Waals surface area (Å²) in [7, 11) is 0. The molecule has 42 heavy (non-hydrogen) atoms. The Kier molecular flexibility index (Phi) is 8.22. The molecule has 1 aromatic rings. The van der Waals surface area contributed by atoms with E-state index in [-0.39, 0.29) is 23.8 Å². The van der Waals surface area contributed by atoms with Gasteiger partial charge in [-0.3, -0.25) is 14.4 Å². The van der Waals surface area contributed by atoms with Crippen molar-refractivity contribution in [2.24, 2.45) is 29.6 Å². The number of carbonyl (C=O) groups excluding carboxylic acids is 3. The summed E-state index contributed by atoms with van der Waals surface area (Å²) in [4.78, 5) is 46.5. The van der Waals surface area contributed by atoms with Crippen LogP contribution in [0.4, 0.5) is 5.69 Å². The Bertz CT molecular complexity index is 1230. The molecule has 8 nitrogen and oxygen atoms in total. The summed E-state index contributed by atoms with van der Waals surface area (Å²) in [5.74, 6) is -0.234. The van der Waals surface area contributed by atoms with Crippen LogP contribution in [0, 0.1) is 36.5 Å².